The lowest BCUT2D eigenvalue weighted by atomic mass is 10.1. The third-order valence-corrected chi connectivity index (χ3v) is 5.24. The van der Waals surface area contributed by atoms with E-state index in [0.29, 0.717) is 0 Å². The molecule has 0 bridgehead atoms. The van der Waals surface area contributed by atoms with Gasteiger partial charge in [-0.1, -0.05) is 48.0 Å². The summed E-state index contributed by atoms with van der Waals surface area (Å²) in [6.07, 6.45) is 6.95. The molecule has 0 aliphatic rings. The molecule has 0 spiro atoms. The minimum absolute atomic E-state index is 0. The van der Waals surface area contributed by atoms with Crippen molar-refractivity contribution >= 4 is 10.9 Å². The minimum Gasteiger partial charge on any atom is -1.00 e. The van der Waals surface area contributed by atoms with Crippen LogP contribution in [0.3, 0.4) is 0 Å². The average molecular weight is 464 g/mol. The van der Waals surface area contributed by atoms with Crippen LogP contribution in [0.2, 0.25) is 0 Å². The summed E-state index contributed by atoms with van der Waals surface area (Å²) in [5.74, 6) is -1.17. The maximum atomic E-state index is 13.9. The second-order valence-corrected chi connectivity index (χ2v) is 7.74. The third-order valence-electron chi connectivity index (χ3n) is 5.24. The number of para-hydroxylation sites is 2. The van der Waals surface area contributed by atoms with Crippen molar-refractivity contribution in [2.75, 3.05) is 0 Å². The zero-order valence-electron chi connectivity index (χ0n) is 18.6. The van der Waals surface area contributed by atoms with E-state index in [1.54, 1.807) is 18.7 Å². The van der Waals surface area contributed by atoms with Crippen LogP contribution in [-0.2, 0) is 0 Å². The lowest BCUT2D eigenvalue weighted by Gasteiger charge is -2.07. The second kappa shape index (κ2) is 10.4. The predicted octanol–water partition coefficient (Wildman–Crippen LogP) is 3.20. The molecule has 0 saturated heterocycles. The molecule has 6 heteroatoms. The number of aromatic nitrogens is 3. The van der Waals surface area contributed by atoms with E-state index in [1.807, 2.05) is 55.8 Å². The highest BCUT2D eigenvalue weighted by Crippen LogP contribution is 2.19. The van der Waals surface area contributed by atoms with Crippen molar-refractivity contribution in [2.24, 2.45) is 0 Å². The number of benzene rings is 3. The van der Waals surface area contributed by atoms with Crippen molar-refractivity contribution < 1.29 is 25.8 Å². The van der Waals surface area contributed by atoms with Gasteiger partial charge in [-0.05, 0) is 56.2 Å². The number of hydrogen-bond acceptors (Lipinski definition) is 1. The molecule has 3 nitrogen and oxygen atoms in total. The monoisotopic (exact) mass is 463 g/mol. The van der Waals surface area contributed by atoms with Crippen LogP contribution in [0.1, 0.15) is 16.7 Å². The van der Waals surface area contributed by atoms with Gasteiger partial charge in [0.2, 0.25) is 5.69 Å². The fourth-order valence-electron chi connectivity index (χ4n) is 3.95. The van der Waals surface area contributed by atoms with Crippen LogP contribution >= 0.6 is 0 Å². The van der Waals surface area contributed by atoms with Crippen LogP contribution in [0.15, 0.2) is 91.6 Å². The largest absolute Gasteiger partial charge is 1.00 e. The Labute approximate surface area is 198 Å². The normalized spacial score (nSPS) is 10.3. The Balaban J connectivity index is 0.000000233. The van der Waals surface area contributed by atoms with Gasteiger partial charge in [-0.25, -0.2) is 13.3 Å². The third kappa shape index (κ3) is 5.26. The quantitative estimate of drug-likeness (QED) is 0.368. The number of fused-ring (bicyclic) bond motifs is 1. The molecule has 33 heavy (non-hydrogen) atoms. The number of pyridine rings is 1. The SMILES string of the molecule is Cc1cc(C)c(-[n+]2ccn(-c3c(F)cccc3F)c2)c(C)c1.[Cl-].c1ccc2ncccc2c1. The summed E-state index contributed by atoms with van der Waals surface area (Å²) in [5.41, 5.74) is 5.46. The molecule has 3 aromatic carbocycles. The summed E-state index contributed by atoms with van der Waals surface area (Å²) in [7, 11) is 0. The standard InChI is InChI=1S/C18H17F2N2.C9H7N.ClH/c1-12-9-13(2)17(14(3)10-12)21-7-8-22(11-21)18-15(19)5-4-6-16(18)20;1-2-6-9-8(4-1)5-3-7-10-9;/h4-11H,1-3H3;1-7H;1H/q+1;;/p-1. The number of imidazole rings is 1. The molecule has 5 rings (SSSR count). The van der Waals surface area contributed by atoms with Gasteiger partial charge in [0.05, 0.1) is 5.52 Å². The van der Waals surface area contributed by atoms with Gasteiger partial charge in [0, 0.05) is 11.6 Å². The summed E-state index contributed by atoms with van der Waals surface area (Å²) in [5, 5.41) is 1.20. The second-order valence-electron chi connectivity index (χ2n) is 7.74. The molecule has 5 aromatic rings. The molecule has 0 unspecified atom stereocenters. The molecular formula is C27H24ClF2N3. The molecule has 0 atom stereocenters. The van der Waals surface area contributed by atoms with E-state index < -0.39 is 11.6 Å². The fraction of sp³-hybridized carbons (Fsp3) is 0.111. The van der Waals surface area contributed by atoms with Crippen LogP contribution in [0.4, 0.5) is 8.78 Å². The van der Waals surface area contributed by atoms with E-state index in [2.05, 4.69) is 29.2 Å². The van der Waals surface area contributed by atoms with Crippen LogP contribution in [-0.4, -0.2) is 9.55 Å². The lowest BCUT2D eigenvalue weighted by molar-refractivity contribution is -0.595. The molecule has 2 heterocycles. The molecule has 0 fully saturated rings. The van der Waals surface area contributed by atoms with Crippen molar-refractivity contribution in [2.45, 2.75) is 20.8 Å². The van der Waals surface area contributed by atoms with E-state index in [0.717, 1.165) is 22.3 Å². The van der Waals surface area contributed by atoms with Crippen molar-refractivity contribution in [1.82, 2.24) is 9.55 Å². The molecule has 0 amide bonds. The molecule has 0 N–H and O–H groups in total. The Morgan fingerprint density at radius 2 is 1.45 bits per heavy atom. The van der Waals surface area contributed by atoms with Crippen LogP contribution in [0, 0.1) is 32.4 Å². The molecule has 2 aromatic heterocycles. The fourth-order valence-corrected chi connectivity index (χ4v) is 3.95. The molecule has 0 aliphatic carbocycles. The number of halogens is 3. The maximum Gasteiger partial charge on any atom is 0.254 e. The summed E-state index contributed by atoms with van der Waals surface area (Å²) >= 11 is 0. The first-order valence-corrected chi connectivity index (χ1v) is 10.4. The van der Waals surface area contributed by atoms with Gasteiger partial charge in [-0.2, -0.15) is 4.57 Å². The number of nitrogens with zero attached hydrogens (tertiary/aromatic N) is 3. The van der Waals surface area contributed by atoms with Gasteiger partial charge in [0.15, 0.2) is 11.6 Å². The first-order chi connectivity index (χ1) is 15.4. The van der Waals surface area contributed by atoms with E-state index in [9.17, 15) is 8.78 Å². The highest BCUT2D eigenvalue weighted by atomic mass is 35.5. The Morgan fingerprint density at radius 1 is 0.818 bits per heavy atom. The highest BCUT2D eigenvalue weighted by Gasteiger charge is 2.19. The van der Waals surface area contributed by atoms with Gasteiger partial charge in [0.1, 0.15) is 18.1 Å². The van der Waals surface area contributed by atoms with Gasteiger partial charge in [-0.15, -0.1) is 0 Å². The minimum atomic E-state index is -0.583. The Bertz CT molecular complexity index is 1290. The first-order valence-electron chi connectivity index (χ1n) is 10.4. The Hall–Kier alpha value is -3.57. The predicted molar refractivity (Wildman–Crippen MR) is 123 cm³/mol. The van der Waals surface area contributed by atoms with Crippen LogP contribution < -0.4 is 17.0 Å². The van der Waals surface area contributed by atoms with E-state index >= 15 is 0 Å². The van der Waals surface area contributed by atoms with Gasteiger partial charge in [0.25, 0.3) is 6.33 Å². The Morgan fingerprint density at radius 3 is 2.12 bits per heavy atom. The summed E-state index contributed by atoms with van der Waals surface area (Å²) in [6.45, 7) is 6.11. The van der Waals surface area contributed by atoms with E-state index in [1.165, 1.54) is 33.7 Å². The highest BCUT2D eigenvalue weighted by molar-refractivity contribution is 5.77. The first kappa shape index (κ1) is 24.1. The van der Waals surface area contributed by atoms with Crippen molar-refractivity contribution in [3.8, 4) is 11.4 Å². The van der Waals surface area contributed by atoms with Crippen LogP contribution in [0.5, 0.6) is 0 Å². The topological polar surface area (TPSA) is 21.7 Å². The molecule has 0 saturated carbocycles. The van der Waals surface area contributed by atoms with E-state index in [4.69, 9.17) is 0 Å². The number of rotatable bonds is 2. The van der Waals surface area contributed by atoms with Crippen LogP contribution in [0.25, 0.3) is 22.3 Å². The lowest BCUT2D eigenvalue weighted by Crippen LogP contribution is -3.00. The number of hydrogen-bond donors (Lipinski definition) is 0. The maximum absolute atomic E-state index is 13.9. The molecule has 0 aliphatic heterocycles. The van der Waals surface area contributed by atoms with Gasteiger partial charge in [-0.3, -0.25) is 4.98 Å². The smallest absolute Gasteiger partial charge is 0.254 e. The molecule has 0 radical (unpaired) electrons. The van der Waals surface area contributed by atoms with Gasteiger partial charge < -0.3 is 12.4 Å². The van der Waals surface area contributed by atoms with Crippen molar-refractivity contribution in [3.63, 3.8) is 0 Å². The number of aryl methyl sites for hydroxylation is 3. The molecular weight excluding hydrogens is 440 g/mol. The van der Waals surface area contributed by atoms with E-state index in [-0.39, 0.29) is 18.1 Å². The Kier molecular flexibility index (Phi) is 7.56. The van der Waals surface area contributed by atoms with Crippen molar-refractivity contribution in [3.05, 3.63) is 120 Å². The zero-order valence-corrected chi connectivity index (χ0v) is 19.4. The molecule has 168 valence electrons. The zero-order chi connectivity index (χ0) is 22.7. The summed E-state index contributed by atoms with van der Waals surface area (Å²) in [6, 6.07) is 20.1. The summed E-state index contributed by atoms with van der Waals surface area (Å²) < 4.78 is 31.1. The van der Waals surface area contributed by atoms with Gasteiger partial charge >= 0.3 is 0 Å². The van der Waals surface area contributed by atoms with Crippen molar-refractivity contribution in [1.29, 1.82) is 0 Å². The average Bonchev–Trinajstić information content (AvgIpc) is 3.22. The summed E-state index contributed by atoms with van der Waals surface area (Å²) in [4.78, 5) is 4.18.